The van der Waals surface area contributed by atoms with Gasteiger partial charge in [-0.2, -0.15) is 0 Å². The second kappa shape index (κ2) is 5.79. The molecule has 0 saturated carbocycles. The standard InChI is InChI=1S/C5H10ClN3O2/c1-2-7-5(11)9-8-4(10)3-6/h2-3H2,1H3,(H,8,10)(H2,7,9,11). The van der Waals surface area contributed by atoms with Gasteiger partial charge in [0.1, 0.15) is 5.88 Å². The van der Waals surface area contributed by atoms with Gasteiger partial charge in [-0.15, -0.1) is 11.6 Å². The number of nitrogens with one attached hydrogen (secondary N) is 3. The molecule has 6 heteroatoms. The van der Waals surface area contributed by atoms with Crippen LogP contribution in [0.2, 0.25) is 0 Å². The van der Waals surface area contributed by atoms with Gasteiger partial charge in [-0.3, -0.25) is 10.2 Å². The summed E-state index contributed by atoms with van der Waals surface area (Å²) in [4.78, 5) is 21.0. The van der Waals surface area contributed by atoms with E-state index in [0.29, 0.717) is 6.54 Å². The van der Waals surface area contributed by atoms with E-state index in [-0.39, 0.29) is 5.88 Å². The number of rotatable bonds is 2. The average molecular weight is 180 g/mol. The molecule has 0 atom stereocenters. The molecular formula is C5H10ClN3O2. The number of carbonyl (C=O) groups is 2. The van der Waals surface area contributed by atoms with Crippen LogP contribution in [-0.2, 0) is 4.79 Å². The SMILES string of the molecule is CCNC(=O)NNC(=O)CCl. The molecule has 0 fully saturated rings. The zero-order valence-electron chi connectivity index (χ0n) is 6.11. The fraction of sp³-hybridized carbons (Fsp3) is 0.600. The van der Waals surface area contributed by atoms with Crippen molar-refractivity contribution >= 4 is 23.5 Å². The van der Waals surface area contributed by atoms with E-state index in [9.17, 15) is 9.59 Å². The van der Waals surface area contributed by atoms with Gasteiger partial charge >= 0.3 is 6.03 Å². The van der Waals surface area contributed by atoms with Gasteiger partial charge in [0.2, 0.25) is 0 Å². The topological polar surface area (TPSA) is 70.2 Å². The molecule has 0 spiro atoms. The molecule has 0 aliphatic carbocycles. The summed E-state index contributed by atoms with van der Waals surface area (Å²) in [6.45, 7) is 2.27. The van der Waals surface area contributed by atoms with Crippen molar-refractivity contribution in [1.82, 2.24) is 16.2 Å². The molecule has 0 aliphatic heterocycles. The van der Waals surface area contributed by atoms with Crippen LogP contribution >= 0.6 is 11.6 Å². The second-order valence-corrected chi connectivity index (χ2v) is 1.93. The fourth-order valence-electron chi connectivity index (χ4n) is 0.365. The van der Waals surface area contributed by atoms with Gasteiger partial charge in [-0.05, 0) is 6.92 Å². The Kier molecular flexibility index (Phi) is 5.28. The van der Waals surface area contributed by atoms with Crippen LogP contribution in [0.15, 0.2) is 0 Å². The summed E-state index contributed by atoms with van der Waals surface area (Å²) in [5, 5.41) is 2.42. The molecule has 64 valence electrons. The highest BCUT2D eigenvalue weighted by Gasteiger charge is 1.99. The number of amides is 3. The number of halogens is 1. The van der Waals surface area contributed by atoms with Crippen LogP contribution in [0.1, 0.15) is 6.92 Å². The van der Waals surface area contributed by atoms with E-state index in [2.05, 4.69) is 16.2 Å². The highest BCUT2D eigenvalue weighted by molar-refractivity contribution is 6.27. The molecule has 0 unspecified atom stereocenters. The lowest BCUT2D eigenvalue weighted by Gasteiger charge is -2.04. The van der Waals surface area contributed by atoms with Crippen molar-refractivity contribution in [3.8, 4) is 0 Å². The van der Waals surface area contributed by atoms with Crippen LogP contribution in [-0.4, -0.2) is 24.4 Å². The smallest absolute Gasteiger partial charge is 0.333 e. The summed E-state index contributed by atoms with van der Waals surface area (Å²) in [6, 6.07) is -0.453. The Balaban J connectivity index is 3.38. The minimum absolute atomic E-state index is 0.174. The largest absolute Gasteiger partial charge is 0.337 e. The maximum Gasteiger partial charge on any atom is 0.333 e. The first kappa shape index (κ1) is 10.0. The van der Waals surface area contributed by atoms with E-state index in [1.54, 1.807) is 6.92 Å². The molecule has 0 aromatic heterocycles. The molecule has 0 saturated heterocycles. The van der Waals surface area contributed by atoms with E-state index in [0.717, 1.165) is 0 Å². The van der Waals surface area contributed by atoms with Gasteiger partial charge in [0.25, 0.3) is 5.91 Å². The van der Waals surface area contributed by atoms with Crippen LogP contribution in [0.4, 0.5) is 4.79 Å². The lowest BCUT2D eigenvalue weighted by atomic mass is 10.7. The van der Waals surface area contributed by atoms with Crippen molar-refractivity contribution in [3.05, 3.63) is 0 Å². The number of hydrazine groups is 1. The molecule has 0 radical (unpaired) electrons. The van der Waals surface area contributed by atoms with Crippen LogP contribution in [0.5, 0.6) is 0 Å². The van der Waals surface area contributed by atoms with Gasteiger partial charge in [0.05, 0.1) is 0 Å². The summed E-state index contributed by atoms with van der Waals surface area (Å²) in [7, 11) is 0. The van der Waals surface area contributed by atoms with Gasteiger partial charge in [0.15, 0.2) is 0 Å². The minimum Gasteiger partial charge on any atom is -0.337 e. The first-order chi connectivity index (χ1) is 5.20. The summed E-state index contributed by atoms with van der Waals surface area (Å²) >= 11 is 5.13. The van der Waals surface area contributed by atoms with Gasteiger partial charge in [0, 0.05) is 6.54 Å². The third-order valence-electron chi connectivity index (χ3n) is 0.774. The van der Waals surface area contributed by atoms with Gasteiger partial charge in [-0.1, -0.05) is 0 Å². The van der Waals surface area contributed by atoms with Gasteiger partial charge in [-0.25, -0.2) is 10.2 Å². The molecule has 3 N–H and O–H groups in total. The Bertz CT molecular complexity index is 151. The van der Waals surface area contributed by atoms with E-state index in [1.807, 2.05) is 0 Å². The van der Waals surface area contributed by atoms with Crippen LogP contribution < -0.4 is 16.2 Å². The number of urea groups is 1. The van der Waals surface area contributed by atoms with E-state index < -0.39 is 11.9 Å². The lowest BCUT2D eigenvalue weighted by Crippen LogP contribution is -2.47. The number of carbonyl (C=O) groups excluding carboxylic acids is 2. The van der Waals surface area contributed by atoms with Crippen molar-refractivity contribution < 1.29 is 9.59 Å². The maximum absolute atomic E-state index is 10.6. The summed E-state index contributed by atoms with van der Waals surface area (Å²) in [6.07, 6.45) is 0. The van der Waals surface area contributed by atoms with Gasteiger partial charge < -0.3 is 5.32 Å². The Morgan fingerprint density at radius 2 is 2.00 bits per heavy atom. The Labute approximate surface area is 69.4 Å². The van der Waals surface area contributed by atoms with Crippen molar-refractivity contribution in [2.24, 2.45) is 0 Å². The third-order valence-corrected chi connectivity index (χ3v) is 1.02. The Hall–Kier alpha value is -0.970. The monoisotopic (exact) mass is 179 g/mol. The Morgan fingerprint density at radius 3 is 2.45 bits per heavy atom. The summed E-state index contributed by atoms with van der Waals surface area (Å²) < 4.78 is 0. The first-order valence-electron chi connectivity index (χ1n) is 3.09. The molecule has 0 heterocycles. The molecule has 0 rings (SSSR count). The highest BCUT2D eigenvalue weighted by Crippen LogP contribution is 1.70. The predicted octanol–water partition coefficient (Wildman–Crippen LogP) is -0.425. The highest BCUT2D eigenvalue weighted by atomic mass is 35.5. The maximum atomic E-state index is 10.6. The zero-order valence-corrected chi connectivity index (χ0v) is 6.86. The average Bonchev–Trinajstić information content (AvgIpc) is 2.01. The normalized spacial score (nSPS) is 8.55. The molecule has 11 heavy (non-hydrogen) atoms. The minimum atomic E-state index is -0.453. The third kappa shape index (κ3) is 5.47. The van der Waals surface area contributed by atoms with Crippen molar-refractivity contribution in [1.29, 1.82) is 0 Å². The molecule has 0 aromatic carbocycles. The van der Waals surface area contributed by atoms with E-state index in [1.165, 1.54) is 0 Å². The first-order valence-corrected chi connectivity index (χ1v) is 3.62. The molecule has 0 aliphatic rings. The number of hydrogen-bond donors (Lipinski definition) is 3. The predicted molar refractivity (Wildman–Crippen MR) is 41.1 cm³/mol. The molecule has 5 nitrogen and oxygen atoms in total. The number of hydrogen-bond acceptors (Lipinski definition) is 2. The van der Waals surface area contributed by atoms with E-state index in [4.69, 9.17) is 11.6 Å². The molecule has 0 aromatic rings. The molecule has 3 amide bonds. The van der Waals surface area contributed by atoms with Crippen molar-refractivity contribution in [2.45, 2.75) is 6.92 Å². The lowest BCUT2D eigenvalue weighted by molar-refractivity contribution is -0.119. The quantitative estimate of drug-likeness (QED) is 0.398. The van der Waals surface area contributed by atoms with Crippen LogP contribution in [0.25, 0.3) is 0 Å². The van der Waals surface area contributed by atoms with Crippen LogP contribution in [0.3, 0.4) is 0 Å². The summed E-state index contributed by atoms with van der Waals surface area (Å²) in [5.41, 5.74) is 4.18. The van der Waals surface area contributed by atoms with Crippen LogP contribution in [0, 0.1) is 0 Å². The zero-order chi connectivity index (χ0) is 8.69. The molecule has 0 bridgehead atoms. The fourth-order valence-corrected chi connectivity index (χ4v) is 0.431. The molecular weight excluding hydrogens is 170 g/mol. The van der Waals surface area contributed by atoms with Crippen molar-refractivity contribution in [3.63, 3.8) is 0 Å². The van der Waals surface area contributed by atoms with Crippen molar-refractivity contribution in [2.75, 3.05) is 12.4 Å². The second-order valence-electron chi connectivity index (χ2n) is 1.67. The van der Waals surface area contributed by atoms with E-state index >= 15 is 0 Å². The number of alkyl halides is 1. The Morgan fingerprint density at radius 1 is 1.36 bits per heavy atom. The summed E-state index contributed by atoms with van der Waals surface area (Å²) in [5.74, 6) is -0.621.